The average Bonchev–Trinajstić information content (AvgIpc) is 2.52. The summed E-state index contributed by atoms with van der Waals surface area (Å²) in [6, 6.07) is 0. The zero-order chi connectivity index (χ0) is 10.3. The van der Waals surface area contributed by atoms with E-state index in [4.69, 9.17) is 4.52 Å². The molecule has 0 aliphatic rings. The van der Waals surface area contributed by atoms with Crippen LogP contribution in [0.2, 0.25) is 0 Å². The van der Waals surface area contributed by atoms with Crippen LogP contribution >= 0.6 is 0 Å². The maximum absolute atomic E-state index is 10.9. The molecule has 1 heterocycles. The van der Waals surface area contributed by atoms with Crippen LogP contribution in [0.1, 0.15) is 32.1 Å². The first-order valence-corrected chi connectivity index (χ1v) is 4.26. The van der Waals surface area contributed by atoms with Gasteiger partial charge < -0.3 is 4.52 Å². The fourth-order valence-corrected chi connectivity index (χ4v) is 0.799. The first kappa shape index (κ1) is 11.5. The van der Waals surface area contributed by atoms with Crippen molar-refractivity contribution in [3.63, 3.8) is 0 Å². The summed E-state index contributed by atoms with van der Waals surface area (Å²) in [4.78, 5) is 10.9. The lowest BCUT2D eigenvalue weighted by atomic mass is 10.2. The summed E-state index contributed by atoms with van der Waals surface area (Å²) < 4.78 is 4.79. The first-order valence-electron chi connectivity index (χ1n) is 4.26. The molecule has 0 spiro atoms. The summed E-state index contributed by atoms with van der Waals surface area (Å²) in [5.41, 5.74) is 0.292. The zero-order valence-corrected chi connectivity index (χ0v) is 8.26. The van der Waals surface area contributed by atoms with Crippen molar-refractivity contribution in [3.05, 3.63) is 34.3 Å². The molecule has 0 unspecified atom stereocenters. The van der Waals surface area contributed by atoms with Crippen LogP contribution in [0.25, 0.3) is 12.2 Å². The largest absolute Gasteiger partial charge is 0.378 e. The van der Waals surface area contributed by atoms with Crippen molar-refractivity contribution >= 4 is 12.2 Å². The van der Waals surface area contributed by atoms with Crippen molar-refractivity contribution in [1.82, 2.24) is 5.16 Å². The molecule has 0 radical (unpaired) electrons. The zero-order valence-electron chi connectivity index (χ0n) is 8.26. The second-order valence-corrected chi connectivity index (χ2v) is 2.02. The summed E-state index contributed by atoms with van der Waals surface area (Å²) in [6.07, 6.45) is 4.94. The highest BCUT2D eigenvalue weighted by Gasteiger charge is 2.04. The lowest BCUT2D eigenvalue weighted by Gasteiger charge is -1.82. The molecule has 1 rings (SSSR count). The monoisotopic (exact) mass is 181 g/mol. The van der Waals surface area contributed by atoms with E-state index >= 15 is 0 Å². The van der Waals surface area contributed by atoms with Crippen LogP contribution in [0.4, 0.5) is 0 Å². The Balaban J connectivity index is 0.000000671. The number of H-pyrrole nitrogens is 1. The molecule has 0 aliphatic carbocycles. The second kappa shape index (κ2) is 6.06. The minimum atomic E-state index is -0.224. The van der Waals surface area contributed by atoms with Crippen molar-refractivity contribution in [1.29, 1.82) is 0 Å². The average molecular weight is 181 g/mol. The fraction of sp³-hybridized carbons (Fsp3) is 0.300. The molecular formula is C10H15NO2. The van der Waals surface area contributed by atoms with Crippen LogP contribution in [-0.4, -0.2) is 5.16 Å². The smallest absolute Gasteiger partial charge is 0.287 e. The molecule has 0 aromatic carbocycles. The van der Waals surface area contributed by atoms with Gasteiger partial charge in [0.2, 0.25) is 0 Å². The summed E-state index contributed by atoms with van der Waals surface area (Å²) in [5, 5.41) is 2.22. The van der Waals surface area contributed by atoms with Gasteiger partial charge in [-0.3, -0.25) is 4.79 Å². The third-order valence-corrected chi connectivity index (χ3v) is 1.28. The molecule has 3 heteroatoms. The Morgan fingerprint density at radius 2 is 2.08 bits per heavy atom. The second-order valence-electron chi connectivity index (χ2n) is 2.02. The molecular weight excluding hydrogens is 166 g/mol. The van der Waals surface area contributed by atoms with Crippen molar-refractivity contribution in [2.75, 3.05) is 0 Å². The SMILES string of the molecule is C=Cc1o[nH]c(=O)c1/C=C\C.CC. The molecule has 72 valence electrons. The summed E-state index contributed by atoms with van der Waals surface area (Å²) in [7, 11) is 0. The minimum Gasteiger partial charge on any atom is -0.378 e. The van der Waals surface area contributed by atoms with Crippen molar-refractivity contribution < 1.29 is 4.52 Å². The third-order valence-electron chi connectivity index (χ3n) is 1.28. The van der Waals surface area contributed by atoms with E-state index in [2.05, 4.69) is 11.7 Å². The maximum Gasteiger partial charge on any atom is 0.287 e. The number of hydrogen-bond acceptors (Lipinski definition) is 2. The summed E-state index contributed by atoms with van der Waals surface area (Å²) in [5.74, 6) is 0.480. The van der Waals surface area contributed by atoms with E-state index in [0.717, 1.165) is 0 Å². The highest BCUT2D eigenvalue weighted by atomic mass is 16.5. The van der Waals surface area contributed by atoms with Crippen molar-refractivity contribution in [2.45, 2.75) is 20.8 Å². The standard InChI is InChI=1S/C8H9NO2.C2H6/c1-3-5-6-7(4-2)11-9-8(6)10;1-2/h3-5H,2H2,1H3,(H,9,10);1-2H3/b5-3-;. The van der Waals surface area contributed by atoms with Gasteiger partial charge in [0.1, 0.15) is 0 Å². The van der Waals surface area contributed by atoms with Crippen LogP contribution in [-0.2, 0) is 0 Å². The number of allylic oxidation sites excluding steroid dienone is 1. The molecule has 0 atom stereocenters. The molecule has 13 heavy (non-hydrogen) atoms. The molecule has 3 nitrogen and oxygen atoms in total. The van der Waals surface area contributed by atoms with Crippen LogP contribution in [0, 0.1) is 0 Å². The van der Waals surface area contributed by atoms with Crippen LogP contribution in [0.15, 0.2) is 22.0 Å². The Morgan fingerprint density at radius 1 is 1.46 bits per heavy atom. The maximum atomic E-state index is 10.9. The molecule has 0 saturated heterocycles. The lowest BCUT2D eigenvalue weighted by Crippen LogP contribution is -2.00. The molecule has 0 fully saturated rings. The Morgan fingerprint density at radius 3 is 2.54 bits per heavy atom. The minimum absolute atomic E-state index is 0.224. The van der Waals surface area contributed by atoms with Crippen molar-refractivity contribution in [3.8, 4) is 0 Å². The van der Waals surface area contributed by atoms with Gasteiger partial charge in [0.15, 0.2) is 5.76 Å². The lowest BCUT2D eigenvalue weighted by molar-refractivity contribution is 0.407. The highest BCUT2D eigenvalue weighted by molar-refractivity contribution is 5.58. The van der Waals surface area contributed by atoms with Gasteiger partial charge in [-0.2, -0.15) is 5.16 Å². The Bertz CT molecular complexity index is 331. The Hall–Kier alpha value is -1.51. The molecule has 0 saturated carbocycles. The van der Waals surface area contributed by atoms with Gasteiger partial charge in [-0.05, 0) is 19.1 Å². The quantitative estimate of drug-likeness (QED) is 0.762. The highest BCUT2D eigenvalue weighted by Crippen LogP contribution is 2.05. The predicted octanol–water partition coefficient (Wildman–Crippen LogP) is 2.67. The third kappa shape index (κ3) is 2.78. The number of aromatic nitrogens is 1. The van der Waals surface area contributed by atoms with Gasteiger partial charge in [-0.25, -0.2) is 0 Å². The van der Waals surface area contributed by atoms with Crippen LogP contribution < -0.4 is 5.56 Å². The van der Waals surface area contributed by atoms with E-state index < -0.39 is 0 Å². The number of rotatable bonds is 2. The van der Waals surface area contributed by atoms with E-state index in [9.17, 15) is 4.79 Å². The number of aromatic amines is 1. The topological polar surface area (TPSA) is 46.0 Å². The molecule has 0 aliphatic heterocycles. The van der Waals surface area contributed by atoms with Crippen LogP contribution in [0.5, 0.6) is 0 Å². The predicted molar refractivity (Wildman–Crippen MR) is 55.5 cm³/mol. The van der Waals surface area contributed by atoms with E-state index in [-0.39, 0.29) is 5.56 Å². The molecule has 1 aromatic rings. The molecule has 0 amide bonds. The van der Waals surface area contributed by atoms with E-state index in [1.54, 1.807) is 12.2 Å². The van der Waals surface area contributed by atoms with Gasteiger partial charge in [0.25, 0.3) is 5.56 Å². The Kier molecular flexibility index (Phi) is 5.35. The van der Waals surface area contributed by atoms with E-state index in [1.165, 1.54) is 6.08 Å². The van der Waals surface area contributed by atoms with Crippen LogP contribution in [0.3, 0.4) is 0 Å². The molecule has 1 N–H and O–H groups in total. The van der Waals surface area contributed by atoms with Gasteiger partial charge in [0.05, 0.1) is 5.56 Å². The van der Waals surface area contributed by atoms with E-state index in [1.807, 2.05) is 20.8 Å². The molecule has 0 bridgehead atoms. The first-order chi connectivity index (χ1) is 6.29. The van der Waals surface area contributed by atoms with Gasteiger partial charge in [-0.1, -0.05) is 26.5 Å². The Labute approximate surface area is 77.7 Å². The fourth-order valence-electron chi connectivity index (χ4n) is 0.799. The normalized spacial score (nSPS) is 9.46. The number of hydrogen-bond donors (Lipinski definition) is 1. The van der Waals surface area contributed by atoms with Gasteiger partial charge >= 0.3 is 0 Å². The number of nitrogens with one attached hydrogen (secondary N) is 1. The van der Waals surface area contributed by atoms with Gasteiger partial charge in [0, 0.05) is 0 Å². The summed E-state index contributed by atoms with van der Waals surface area (Å²) in [6.45, 7) is 9.33. The molecule has 1 aromatic heterocycles. The van der Waals surface area contributed by atoms with Gasteiger partial charge in [-0.15, -0.1) is 0 Å². The van der Waals surface area contributed by atoms with Crippen molar-refractivity contribution in [2.24, 2.45) is 0 Å². The summed E-state index contributed by atoms with van der Waals surface area (Å²) >= 11 is 0. The van der Waals surface area contributed by atoms with E-state index in [0.29, 0.717) is 11.3 Å².